The maximum Gasteiger partial charge on any atom is 0.228 e. The Bertz CT molecular complexity index is 1160. The van der Waals surface area contributed by atoms with Crippen LogP contribution in [0.3, 0.4) is 0 Å². The Morgan fingerprint density at radius 3 is 2.75 bits per heavy atom. The number of aromatic nitrogens is 2. The molecule has 3 aromatic rings. The Morgan fingerprint density at radius 1 is 1.18 bits per heavy atom. The molecule has 1 fully saturated rings. The fraction of sp³-hybridized carbons (Fsp3) is 0.273. The summed E-state index contributed by atoms with van der Waals surface area (Å²) < 4.78 is 0. The number of anilines is 2. The van der Waals surface area contributed by atoms with E-state index in [-0.39, 0.29) is 5.91 Å². The van der Waals surface area contributed by atoms with Gasteiger partial charge >= 0.3 is 0 Å². The van der Waals surface area contributed by atoms with Crippen molar-refractivity contribution in [1.82, 2.24) is 10.2 Å². The Hall–Kier alpha value is -3.46. The molecule has 0 saturated heterocycles. The van der Waals surface area contributed by atoms with E-state index < -0.39 is 0 Å². The molecule has 1 aromatic heterocycles. The first-order valence-electron chi connectivity index (χ1n) is 9.52. The molecule has 1 aliphatic heterocycles. The van der Waals surface area contributed by atoms with Gasteiger partial charge in [-0.25, -0.2) is 0 Å². The predicted molar refractivity (Wildman–Crippen MR) is 108 cm³/mol. The number of carbonyl (C=O) groups is 1. The summed E-state index contributed by atoms with van der Waals surface area (Å²) in [4.78, 5) is 11.6. The monoisotopic (exact) mass is 369 g/mol. The Labute approximate surface area is 162 Å². The van der Waals surface area contributed by atoms with Gasteiger partial charge in [0, 0.05) is 17.1 Å². The minimum Gasteiger partial charge on any atom is -0.379 e. The summed E-state index contributed by atoms with van der Waals surface area (Å²) in [7, 11) is 0. The summed E-state index contributed by atoms with van der Waals surface area (Å²) in [6.45, 7) is 2.15. The van der Waals surface area contributed by atoms with Gasteiger partial charge in [0.05, 0.1) is 17.6 Å². The van der Waals surface area contributed by atoms with Crippen molar-refractivity contribution in [3.05, 3.63) is 47.7 Å². The highest BCUT2D eigenvalue weighted by Crippen LogP contribution is 2.36. The van der Waals surface area contributed by atoms with E-state index in [4.69, 9.17) is 0 Å². The third-order valence-corrected chi connectivity index (χ3v) is 5.64. The van der Waals surface area contributed by atoms with Gasteiger partial charge in [-0.2, -0.15) is 5.26 Å². The van der Waals surface area contributed by atoms with Crippen LogP contribution in [0.2, 0.25) is 0 Å². The van der Waals surface area contributed by atoms with Gasteiger partial charge in [0.25, 0.3) is 0 Å². The molecule has 0 radical (unpaired) electrons. The Morgan fingerprint density at radius 2 is 1.96 bits per heavy atom. The van der Waals surface area contributed by atoms with Crippen molar-refractivity contribution in [2.24, 2.45) is 5.92 Å². The lowest BCUT2D eigenvalue weighted by Crippen LogP contribution is -2.19. The van der Waals surface area contributed by atoms with E-state index in [9.17, 15) is 10.1 Å². The molecular weight excluding hydrogens is 350 g/mol. The molecule has 2 aromatic carbocycles. The molecule has 2 aliphatic rings. The molecule has 1 amide bonds. The summed E-state index contributed by atoms with van der Waals surface area (Å²) in [6.07, 6.45) is 2.89. The van der Waals surface area contributed by atoms with E-state index >= 15 is 0 Å². The molecule has 2 N–H and O–H groups in total. The second kappa shape index (κ2) is 6.31. The van der Waals surface area contributed by atoms with Crippen molar-refractivity contribution in [3.63, 3.8) is 0 Å². The fourth-order valence-electron chi connectivity index (χ4n) is 3.85. The summed E-state index contributed by atoms with van der Waals surface area (Å²) in [5, 5.41) is 25.1. The highest BCUT2D eigenvalue weighted by molar-refractivity contribution is 6.00. The van der Waals surface area contributed by atoms with E-state index in [0.717, 1.165) is 39.0 Å². The average Bonchev–Trinajstić information content (AvgIpc) is 3.48. The number of hydrogen-bond acceptors (Lipinski definition) is 5. The molecule has 1 unspecified atom stereocenters. The largest absolute Gasteiger partial charge is 0.379 e. The predicted octanol–water partition coefficient (Wildman–Crippen LogP) is 3.87. The summed E-state index contributed by atoms with van der Waals surface area (Å²) in [6, 6.07) is 14.5. The van der Waals surface area contributed by atoms with E-state index in [1.165, 1.54) is 12.8 Å². The summed E-state index contributed by atoms with van der Waals surface area (Å²) in [5.41, 5.74) is 5.73. The van der Waals surface area contributed by atoms with Crippen LogP contribution in [0.4, 0.5) is 11.4 Å². The van der Waals surface area contributed by atoms with Gasteiger partial charge in [0.1, 0.15) is 6.07 Å². The van der Waals surface area contributed by atoms with Crippen LogP contribution >= 0.6 is 0 Å². The number of fused-ring (bicyclic) bond motifs is 2. The molecule has 2 heterocycles. The van der Waals surface area contributed by atoms with Gasteiger partial charge in [-0.1, -0.05) is 18.2 Å². The quantitative estimate of drug-likeness (QED) is 0.728. The fourth-order valence-corrected chi connectivity index (χ4v) is 3.85. The standard InChI is InChI=1S/C22H19N5O/c1-12(13-2-3-13)24-22-17-7-6-15(9-19(17)26-27-20(22)11-23)14-4-5-16-10-21(28)25-18(16)8-14/h4-9,12-13H,2-3,10H2,1H3,(H,24,26)(H,25,28). The van der Waals surface area contributed by atoms with Crippen molar-refractivity contribution < 1.29 is 4.79 Å². The Balaban J connectivity index is 1.56. The number of nitrogens with one attached hydrogen (secondary N) is 2. The van der Waals surface area contributed by atoms with Gasteiger partial charge in [0.2, 0.25) is 5.91 Å². The zero-order valence-corrected chi connectivity index (χ0v) is 15.5. The number of benzene rings is 2. The topological polar surface area (TPSA) is 90.7 Å². The van der Waals surface area contributed by atoms with E-state index in [1.807, 2.05) is 36.4 Å². The maximum absolute atomic E-state index is 11.6. The van der Waals surface area contributed by atoms with Crippen LogP contribution in [0.5, 0.6) is 0 Å². The lowest BCUT2D eigenvalue weighted by molar-refractivity contribution is -0.115. The van der Waals surface area contributed by atoms with Gasteiger partial charge in [-0.15, -0.1) is 10.2 Å². The molecule has 0 spiro atoms. The molecule has 1 aliphatic carbocycles. The van der Waals surface area contributed by atoms with Crippen LogP contribution in [0.15, 0.2) is 36.4 Å². The lowest BCUT2D eigenvalue weighted by Gasteiger charge is -2.17. The molecule has 1 saturated carbocycles. The van der Waals surface area contributed by atoms with Crippen LogP contribution in [0.1, 0.15) is 31.0 Å². The van der Waals surface area contributed by atoms with Crippen molar-refractivity contribution in [2.75, 3.05) is 10.6 Å². The molecule has 0 bridgehead atoms. The highest BCUT2D eigenvalue weighted by Gasteiger charge is 2.29. The normalized spacial score (nSPS) is 16.4. The number of carbonyl (C=O) groups excluding carboxylic acids is 1. The van der Waals surface area contributed by atoms with Crippen LogP contribution < -0.4 is 10.6 Å². The van der Waals surface area contributed by atoms with Crippen LogP contribution in [-0.2, 0) is 11.2 Å². The number of amides is 1. The first-order valence-corrected chi connectivity index (χ1v) is 9.52. The molecule has 28 heavy (non-hydrogen) atoms. The lowest BCUT2D eigenvalue weighted by atomic mass is 10.0. The van der Waals surface area contributed by atoms with Gasteiger partial charge in [0.15, 0.2) is 5.69 Å². The number of nitrogens with zero attached hydrogens (tertiary/aromatic N) is 3. The first-order chi connectivity index (χ1) is 13.6. The third-order valence-electron chi connectivity index (χ3n) is 5.64. The van der Waals surface area contributed by atoms with Gasteiger partial charge in [-0.3, -0.25) is 4.79 Å². The summed E-state index contributed by atoms with van der Waals surface area (Å²) in [5.74, 6) is 0.691. The average molecular weight is 369 g/mol. The van der Waals surface area contributed by atoms with E-state index in [1.54, 1.807) is 0 Å². The SMILES string of the molecule is CC(Nc1c(C#N)nnc2cc(-c3ccc4c(c3)NC(=O)C4)ccc12)C1CC1. The molecule has 6 nitrogen and oxygen atoms in total. The Kier molecular flexibility index (Phi) is 3.76. The second-order valence-corrected chi connectivity index (χ2v) is 7.63. The van der Waals surface area contributed by atoms with E-state index in [0.29, 0.717) is 24.1 Å². The van der Waals surface area contributed by atoms with Gasteiger partial charge < -0.3 is 10.6 Å². The molecular formula is C22H19N5O. The highest BCUT2D eigenvalue weighted by atomic mass is 16.1. The number of rotatable bonds is 4. The molecule has 6 heteroatoms. The van der Waals surface area contributed by atoms with Crippen molar-refractivity contribution in [3.8, 4) is 17.2 Å². The third kappa shape index (κ3) is 2.85. The zero-order valence-electron chi connectivity index (χ0n) is 15.5. The van der Waals surface area contributed by atoms with Crippen LogP contribution in [0, 0.1) is 17.2 Å². The van der Waals surface area contributed by atoms with Gasteiger partial charge in [-0.05, 0) is 60.6 Å². The number of nitriles is 1. The smallest absolute Gasteiger partial charge is 0.228 e. The zero-order chi connectivity index (χ0) is 19.3. The minimum absolute atomic E-state index is 0.0288. The van der Waals surface area contributed by atoms with Crippen molar-refractivity contribution in [1.29, 1.82) is 5.26 Å². The van der Waals surface area contributed by atoms with Crippen LogP contribution in [-0.4, -0.2) is 22.1 Å². The second-order valence-electron chi connectivity index (χ2n) is 7.63. The van der Waals surface area contributed by atoms with Crippen molar-refractivity contribution >= 4 is 28.2 Å². The number of hydrogen-bond donors (Lipinski definition) is 2. The maximum atomic E-state index is 11.6. The molecule has 5 rings (SSSR count). The minimum atomic E-state index is 0.0288. The van der Waals surface area contributed by atoms with E-state index in [2.05, 4.69) is 33.8 Å². The first kappa shape index (κ1) is 16.7. The van der Waals surface area contributed by atoms with Crippen molar-refractivity contribution in [2.45, 2.75) is 32.2 Å². The summed E-state index contributed by atoms with van der Waals surface area (Å²) >= 11 is 0. The van der Waals surface area contributed by atoms with Crippen LogP contribution in [0.25, 0.3) is 22.0 Å². The molecule has 1 atom stereocenters. The molecule has 138 valence electrons.